The summed E-state index contributed by atoms with van der Waals surface area (Å²) in [5, 5.41) is 0.620. The Morgan fingerprint density at radius 1 is 1.29 bits per heavy atom. The number of halogens is 2. The Kier molecular flexibility index (Phi) is 3.59. The molecule has 0 amide bonds. The van der Waals surface area contributed by atoms with E-state index in [1.165, 1.54) is 12.1 Å². The second-order valence-corrected chi connectivity index (χ2v) is 4.10. The molecule has 0 radical (unpaired) electrons. The second-order valence-electron chi connectivity index (χ2n) is 3.66. The summed E-state index contributed by atoms with van der Waals surface area (Å²) >= 11 is 5.83. The van der Waals surface area contributed by atoms with Crippen molar-refractivity contribution in [1.29, 1.82) is 0 Å². The second kappa shape index (κ2) is 5.15. The smallest absolute Gasteiger partial charge is 0.130 e. The molecule has 0 saturated heterocycles. The van der Waals surface area contributed by atoms with Gasteiger partial charge in [-0.2, -0.15) is 0 Å². The Morgan fingerprint density at radius 2 is 2.12 bits per heavy atom. The molecule has 0 aliphatic rings. The fourth-order valence-electron chi connectivity index (χ4n) is 1.45. The molecule has 17 heavy (non-hydrogen) atoms. The number of ether oxygens (including phenoxy) is 1. The summed E-state index contributed by atoms with van der Waals surface area (Å²) in [5.41, 5.74) is 1.49. The van der Waals surface area contributed by atoms with Crippen LogP contribution in [0.2, 0.25) is 5.02 Å². The zero-order valence-electron chi connectivity index (χ0n) is 9.28. The van der Waals surface area contributed by atoms with E-state index >= 15 is 0 Å². The number of aryl methyl sites for hydroxylation is 1. The van der Waals surface area contributed by atoms with Crippen LogP contribution in [0.1, 0.15) is 11.3 Å². The molecule has 1 heterocycles. The van der Waals surface area contributed by atoms with Crippen LogP contribution in [0.15, 0.2) is 36.5 Å². The summed E-state index contributed by atoms with van der Waals surface area (Å²) in [6, 6.07) is 7.85. The number of benzene rings is 1. The average Bonchev–Trinajstić information content (AvgIpc) is 2.28. The lowest BCUT2D eigenvalue weighted by atomic mass is 10.2. The SMILES string of the molecule is Cc1cc(F)ccc1OCc1cc(Cl)ccn1. The zero-order valence-corrected chi connectivity index (χ0v) is 10.0. The highest BCUT2D eigenvalue weighted by atomic mass is 35.5. The third kappa shape index (κ3) is 3.17. The molecule has 2 rings (SSSR count). The van der Waals surface area contributed by atoms with Crippen LogP contribution in [0.3, 0.4) is 0 Å². The highest BCUT2D eigenvalue weighted by molar-refractivity contribution is 6.30. The minimum atomic E-state index is -0.268. The maximum absolute atomic E-state index is 12.9. The summed E-state index contributed by atoms with van der Waals surface area (Å²) in [6.07, 6.45) is 1.62. The van der Waals surface area contributed by atoms with Crippen molar-refractivity contribution in [2.24, 2.45) is 0 Å². The van der Waals surface area contributed by atoms with Crippen molar-refractivity contribution < 1.29 is 9.13 Å². The van der Waals surface area contributed by atoms with E-state index in [9.17, 15) is 4.39 Å². The van der Waals surface area contributed by atoms with E-state index in [-0.39, 0.29) is 5.82 Å². The first kappa shape index (κ1) is 11.9. The Bertz CT molecular complexity index is 531. The van der Waals surface area contributed by atoms with Gasteiger partial charge in [-0.05, 0) is 42.8 Å². The van der Waals surface area contributed by atoms with Gasteiger partial charge in [0.2, 0.25) is 0 Å². The highest BCUT2D eigenvalue weighted by Crippen LogP contribution is 2.19. The van der Waals surface area contributed by atoms with E-state index in [4.69, 9.17) is 16.3 Å². The molecule has 0 atom stereocenters. The number of pyridine rings is 1. The predicted octanol–water partition coefficient (Wildman–Crippen LogP) is 3.76. The lowest BCUT2D eigenvalue weighted by molar-refractivity contribution is 0.299. The first-order chi connectivity index (χ1) is 8.15. The van der Waals surface area contributed by atoms with Gasteiger partial charge in [0, 0.05) is 11.2 Å². The molecule has 88 valence electrons. The molecule has 0 bridgehead atoms. The van der Waals surface area contributed by atoms with Gasteiger partial charge in [0.15, 0.2) is 0 Å². The van der Waals surface area contributed by atoms with E-state index < -0.39 is 0 Å². The van der Waals surface area contributed by atoms with Crippen molar-refractivity contribution in [3.63, 3.8) is 0 Å². The topological polar surface area (TPSA) is 22.1 Å². The van der Waals surface area contributed by atoms with Crippen LogP contribution in [0.5, 0.6) is 5.75 Å². The molecule has 0 spiro atoms. The van der Waals surface area contributed by atoms with Gasteiger partial charge in [-0.15, -0.1) is 0 Å². The van der Waals surface area contributed by atoms with E-state index in [0.717, 1.165) is 11.3 Å². The molecule has 2 aromatic rings. The first-order valence-corrected chi connectivity index (χ1v) is 5.52. The van der Waals surface area contributed by atoms with Gasteiger partial charge in [-0.3, -0.25) is 4.98 Å². The van der Waals surface area contributed by atoms with Crippen LogP contribution >= 0.6 is 11.6 Å². The van der Waals surface area contributed by atoms with Crippen molar-refractivity contribution in [2.75, 3.05) is 0 Å². The minimum absolute atomic E-state index is 0.268. The number of nitrogens with zero attached hydrogens (tertiary/aromatic N) is 1. The van der Waals surface area contributed by atoms with Gasteiger partial charge in [0.25, 0.3) is 0 Å². The number of hydrogen-bond acceptors (Lipinski definition) is 2. The van der Waals surface area contributed by atoms with Crippen LogP contribution in [-0.2, 0) is 6.61 Å². The molecule has 2 nitrogen and oxygen atoms in total. The van der Waals surface area contributed by atoms with Crippen LogP contribution in [0, 0.1) is 12.7 Å². The van der Waals surface area contributed by atoms with Crippen LogP contribution in [0.4, 0.5) is 4.39 Å². The van der Waals surface area contributed by atoms with Crippen molar-refractivity contribution in [3.05, 3.63) is 58.6 Å². The van der Waals surface area contributed by atoms with Crippen LogP contribution < -0.4 is 4.74 Å². The molecular formula is C13H11ClFNO. The van der Waals surface area contributed by atoms with Crippen molar-refractivity contribution >= 4 is 11.6 Å². The predicted molar refractivity (Wildman–Crippen MR) is 64.7 cm³/mol. The Labute approximate surface area is 104 Å². The zero-order chi connectivity index (χ0) is 12.3. The molecular weight excluding hydrogens is 241 g/mol. The van der Waals surface area contributed by atoms with Crippen molar-refractivity contribution in [1.82, 2.24) is 4.98 Å². The fraction of sp³-hybridized carbons (Fsp3) is 0.154. The standard InChI is InChI=1S/C13H11ClFNO/c1-9-6-11(15)2-3-13(9)17-8-12-7-10(14)4-5-16-12/h2-7H,8H2,1H3. The molecule has 0 saturated carbocycles. The van der Waals surface area contributed by atoms with Gasteiger partial charge < -0.3 is 4.74 Å². The summed E-state index contributed by atoms with van der Waals surface area (Å²) in [4.78, 5) is 4.12. The van der Waals surface area contributed by atoms with E-state index in [1.54, 1.807) is 31.3 Å². The molecule has 1 aromatic heterocycles. The van der Waals surface area contributed by atoms with Gasteiger partial charge >= 0.3 is 0 Å². The first-order valence-electron chi connectivity index (χ1n) is 5.14. The molecule has 4 heteroatoms. The Hall–Kier alpha value is -1.61. The Balaban J connectivity index is 2.07. The summed E-state index contributed by atoms with van der Waals surface area (Å²) in [6.45, 7) is 2.11. The van der Waals surface area contributed by atoms with Gasteiger partial charge in [-0.1, -0.05) is 11.6 Å². The summed E-state index contributed by atoms with van der Waals surface area (Å²) in [5.74, 6) is 0.379. The van der Waals surface area contributed by atoms with E-state index in [1.807, 2.05) is 0 Å². The van der Waals surface area contributed by atoms with Crippen LogP contribution in [-0.4, -0.2) is 4.98 Å². The molecule has 0 aliphatic heterocycles. The maximum Gasteiger partial charge on any atom is 0.130 e. The minimum Gasteiger partial charge on any atom is -0.487 e. The van der Waals surface area contributed by atoms with E-state index in [0.29, 0.717) is 17.4 Å². The van der Waals surface area contributed by atoms with Crippen molar-refractivity contribution in [2.45, 2.75) is 13.5 Å². The van der Waals surface area contributed by atoms with Crippen LogP contribution in [0.25, 0.3) is 0 Å². The maximum atomic E-state index is 12.9. The molecule has 0 N–H and O–H groups in total. The molecule has 1 aromatic carbocycles. The summed E-state index contributed by atoms with van der Waals surface area (Å²) < 4.78 is 18.4. The fourth-order valence-corrected chi connectivity index (χ4v) is 1.64. The number of rotatable bonds is 3. The monoisotopic (exact) mass is 251 g/mol. The lowest BCUT2D eigenvalue weighted by Crippen LogP contribution is -1.99. The quantitative estimate of drug-likeness (QED) is 0.829. The lowest BCUT2D eigenvalue weighted by Gasteiger charge is -2.08. The molecule has 0 fully saturated rings. The normalized spacial score (nSPS) is 10.3. The molecule has 0 aliphatic carbocycles. The number of hydrogen-bond donors (Lipinski definition) is 0. The Morgan fingerprint density at radius 3 is 2.82 bits per heavy atom. The molecule has 0 unspecified atom stereocenters. The largest absolute Gasteiger partial charge is 0.487 e. The van der Waals surface area contributed by atoms with Crippen molar-refractivity contribution in [3.8, 4) is 5.75 Å². The summed E-state index contributed by atoms with van der Waals surface area (Å²) in [7, 11) is 0. The van der Waals surface area contributed by atoms with Gasteiger partial charge in [-0.25, -0.2) is 4.39 Å². The van der Waals surface area contributed by atoms with Gasteiger partial charge in [0.1, 0.15) is 18.2 Å². The average molecular weight is 252 g/mol. The highest BCUT2D eigenvalue weighted by Gasteiger charge is 2.02. The third-order valence-electron chi connectivity index (χ3n) is 2.29. The van der Waals surface area contributed by atoms with Gasteiger partial charge in [0.05, 0.1) is 5.69 Å². The van der Waals surface area contributed by atoms with E-state index in [2.05, 4.69) is 4.98 Å². The number of aromatic nitrogens is 1. The third-order valence-corrected chi connectivity index (χ3v) is 2.53.